The maximum Gasteiger partial charge on any atom is 0.266 e. The molecular weight excluding hydrogens is 394 g/mol. The van der Waals surface area contributed by atoms with Gasteiger partial charge in [0.1, 0.15) is 11.8 Å². The summed E-state index contributed by atoms with van der Waals surface area (Å²) >= 11 is 0. The lowest BCUT2D eigenvalue weighted by Gasteiger charge is -2.16. The summed E-state index contributed by atoms with van der Waals surface area (Å²) < 4.78 is 5.70. The molecule has 7 nitrogen and oxygen atoms in total. The van der Waals surface area contributed by atoms with Crippen molar-refractivity contribution < 1.29 is 19.5 Å². The second-order valence-corrected chi connectivity index (χ2v) is 7.52. The van der Waals surface area contributed by atoms with Crippen LogP contribution in [-0.4, -0.2) is 34.7 Å². The summed E-state index contributed by atoms with van der Waals surface area (Å²) in [6, 6.07) is 15.5. The lowest BCUT2D eigenvalue weighted by atomic mass is 10.1. The molecule has 1 aromatic heterocycles. The molecule has 0 radical (unpaired) electrons. The Morgan fingerprint density at radius 2 is 1.84 bits per heavy atom. The second kappa shape index (κ2) is 11.2. The highest BCUT2D eigenvalue weighted by Crippen LogP contribution is 2.17. The number of aromatic amines is 1. The summed E-state index contributed by atoms with van der Waals surface area (Å²) in [7, 11) is 0. The van der Waals surface area contributed by atoms with Crippen molar-refractivity contribution in [1.29, 1.82) is 0 Å². The molecular formula is C24H29N3O4. The molecule has 0 aliphatic rings. The fourth-order valence-electron chi connectivity index (χ4n) is 3.41. The van der Waals surface area contributed by atoms with Crippen molar-refractivity contribution in [1.82, 2.24) is 15.8 Å². The number of fused-ring (bicyclic) bond motifs is 1. The topological polar surface area (TPSA) is 103 Å². The molecule has 7 heteroatoms. The number of unbranched alkanes of at least 4 members (excludes halogenated alkanes) is 3. The second-order valence-electron chi connectivity index (χ2n) is 7.52. The highest BCUT2D eigenvalue weighted by atomic mass is 16.5. The van der Waals surface area contributed by atoms with Gasteiger partial charge in [0.2, 0.25) is 0 Å². The van der Waals surface area contributed by atoms with Crippen molar-refractivity contribution in [3.63, 3.8) is 0 Å². The van der Waals surface area contributed by atoms with Gasteiger partial charge in [0.05, 0.1) is 6.61 Å². The van der Waals surface area contributed by atoms with E-state index in [-0.39, 0.29) is 6.42 Å². The van der Waals surface area contributed by atoms with E-state index in [4.69, 9.17) is 9.94 Å². The number of benzene rings is 2. The minimum Gasteiger partial charge on any atom is -0.494 e. The highest BCUT2D eigenvalue weighted by molar-refractivity contribution is 5.97. The molecule has 0 aliphatic carbocycles. The summed E-state index contributed by atoms with van der Waals surface area (Å²) in [5.74, 6) is -0.381. The summed E-state index contributed by atoms with van der Waals surface area (Å²) in [4.78, 5) is 28.0. The summed E-state index contributed by atoms with van der Waals surface area (Å²) in [6.45, 7) is 2.81. The van der Waals surface area contributed by atoms with Crippen LogP contribution < -0.4 is 15.5 Å². The van der Waals surface area contributed by atoms with Crippen LogP contribution in [0.2, 0.25) is 0 Å². The molecule has 2 aromatic carbocycles. The molecule has 0 fully saturated rings. The SMILES string of the molecule is CCCCCCOc1ccc(C(=O)N[C@@H](Cc2cc3ccccc3[nH]2)C(=O)NO)cc1. The number of rotatable bonds is 11. The summed E-state index contributed by atoms with van der Waals surface area (Å²) in [5.41, 5.74) is 3.76. The molecule has 3 aromatic rings. The number of carbonyl (C=O) groups excluding carboxylic acids is 2. The Morgan fingerprint density at radius 1 is 1.06 bits per heavy atom. The van der Waals surface area contributed by atoms with Gasteiger partial charge in [-0.15, -0.1) is 0 Å². The molecule has 3 rings (SSSR count). The van der Waals surface area contributed by atoms with Gasteiger partial charge in [0, 0.05) is 23.2 Å². The van der Waals surface area contributed by atoms with Crippen LogP contribution in [0, 0.1) is 0 Å². The zero-order valence-electron chi connectivity index (χ0n) is 17.7. The fourth-order valence-corrected chi connectivity index (χ4v) is 3.41. The van der Waals surface area contributed by atoms with Gasteiger partial charge in [-0.05, 0) is 48.2 Å². The van der Waals surface area contributed by atoms with Gasteiger partial charge >= 0.3 is 0 Å². The number of para-hydroxylation sites is 1. The van der Waals surface area contributed by atoms with E-state index in [1.165, 1.54) is 12.8 Å². The van der Waals surface area contributed by atoms with Gasteiger partial charge in [0.15, 0.2) is 0 Å². The van der Waals surface area contributed by atoms with Crippen LogP contribution >= 0.6 is 0 Å². The molecule has 31 heavy (non-hydrogen) atoms. The number of hydrogen-bond acceptors (Lipinski definition) is 4. The van der Waals surface area contributed by atoms with Gasteiger partial charge in [-0.1, -0.05) is 44.4 Å². The minimum atomic E-state index is -0.931. The zero-order valence-corrected chi connectivity index (χ0v) is 17.7. The van der Waals surface area contributed by atoms with E-state index in [9.17, 15) is 9.59 Å². The first-order valence-electron chi connectivity index (χ1n) is 10.6. The van der Waals surface area contributed by atoms with E-state index in [2.05, 4.69) is 17.2 Å². The van der Waals surface area contributed by atoms with Gasteiger partial charge < -0.3 is 15.0 Å². The van der Waals surface area contributed by atoms with Gasteiger partial charge in [-0.3, -0.25) is 14.8 Å². The van der Waals surface area contributed by atoms with E-state index in [0.717, 1.165) is 29.4 Å². The van der Waals surface area contributed by atoms with E-state index in [1.54, 1.807) is 29.7 Å². The first kappa shape index (κ1) is 22.4. The van der Waals surface area contributed by atoms with Crippen molar-refractivity contribution in [2.24, 2.45) is 0 Å². The Balaban J connectivity index is 1.60. The van der Waals surface area contributed by atoms with Crippen molar-refractivity contribution in [2.45, 2.75) is 45.1 Å². The Bertz CT molecular complexity index is 964. The molecule has 0 saturated carbocycles. The predicted octanol–water partition coefficient (Wildman–Crippen LogP) is 3.97. The maximum absolute atomic E-state index is 12.7. The predicted molar refractivity (Wildman–Crippen MR) is 119 cm³/mol. The fraction of sp³-hybridized carbons (Fsp3) is 0.333. The number of H-pyrrole nitrogens is 1. The molecule has 1 heterocycles. The van der Waals surface area contributed by atoms with Crippen molar-refractivity contribution in [3.05, 3.63) is 65.9 Å². The van der Waals surface area contributed by atoms with Crippen LogP contribution in [0.15, 0.2) is 54.6 Å². The third-order valence-electron chi connectivity index (χ3n) is 5.12. The van der Waals surface area contributed by atoms with Crippen LogP contribution in [0.3, 0.4) is 0 Å². The van der Waals surface area contributed by atoms with Crippen LogP contribution in [0.4, 0.5) is 0 Å². The maximum atomic E-state index is 12.7. The van der Waals surface area contributed by atoms with Crippen molar-refractivity contribution in [3.8, 4) is 5.75 Å². The lowest BCUT2D eigenvalue weighted by molar-refractivity contribution is -0.131. The van der Waals surface area contributed by atoms with Gasteiger partial charge in [-0.25, -0.2) is 5.48 Å². The normalized spacial score (nSPS) is 11.8. The number of aromatic nitrogens is 1. The molecule has 0 saturated heterocycles. The third kappa shape index (κ3) is 6.33. The zero-order chi connectivity index (χ0) is 22.1. The first-order valence-corrected chi connectivity index (χ1v) is 10.6. The van der Waals surface area contributed by atoms with Gasteiger partial charge in [-0.2, -0.15) is 0 Å². The number of nitrogens with one attached hydrogen (secondary N) is 3. The summed E-state index contributed by atoms with van der Waals surface area (Å²) in [6.07, 6.45) is 4.73. The number of amides is 2. The average Bonchev–Trinajstić information content (AvgIpc) is 3.20. The molecule has 0 spiro atoms. The van der Waals surface area contributed by atoms with Crippen LogP contribution in [-0.2, 0) is 11.2 Å². The Hall–Kier alpha value is -3.32. The number of ether oxygens (including phenoxy) is 1. The molecule has 2 amide bonds. The third-order valence-corrected chi connectivity index (χ3v) is 5.12. The Labute approximate surface area is 181 Å². The molecule has 164 valence electrons. The minimum absolute atomic E-state index is 0.214. The van der Waals surface area contributed by atoms with E-state index < -0.39 is 17.9 Å². The number of hydrogen-bond donors (Lipinski definition) is 4. The van der Waals surface area contributed by atoms with E-state index >= 15 is 0 Å². The summed E-state index contributed by atoms with van der Waals surface area (Å²) in [5, 5.41) is 12.8. The largest absolute Gasteiger partial charge is 0.494 e. The van der Waals surface area contributed by atoms with Crippen LogP contribution in [0.1, 0.15) is 48.7 Å². The Morgan fingerprint density at radius 3 is 2.55 bits per heavy atom. The molecule has 0 bridgehead atoms. The smallest absolute Gasteiger partial charge is 0.266 e. The van der Waals surface area contributed by atoms with Gasteiger partial charge in [0.25, 0.3) is 11.8 Å². The van der Waals surface area contributed by atoms with E-state index in [0.29, 0.717) is 17.9 Å². The highest BCUT2D eigenvalue weighted by Gasteiger charge is 2.22. The van der Waals surface area contributed by atoms with Crippen LogP contribution in [0.25, 0.3) is 10.9 Å². The standard InChI is InChI=1S/C24H29N3O4/c1-2-3-4-7-14-31-20-12-10-17(11-13-20)23(28)26-22(24(29)27-30)16-19-15-18-8-5-6-9-21(18)25-19/h5-6,8-13,15,22,25,30H,2-4,7,14,16H2,1H3,(H,26,28)(H,27,29)/t22-/m0/s1. The average molecular weight is 424 g/mol. The number of hydroxylamine groups is 1. The molecule has 0 unspecified atom stereocenters. The number of carbonyl (C=O) groups is 2. The monoisotopic (exact) mass is 423 g/mol. The molecule has 0 aliphatic heterocycles. The quantitative estimate of drug-likeness (QED) is 0.213. The lowest BCUT2D eigenvalue weighted by Crippen LogP contribution is -2.47. The first-order chi connectivity index (χ1) is 15.1. The van der Waals surface area contributed by atoms with Crippen LogP contribution in [0.5, 0.6) is 5.75 Å². The van der Waals surface area contributed by atoms with Crippen molar-refractivity contribution in [2.75, 3.05) is 6.61 Å². The molecule has 1 atom stereocenters. The van der Waals surface area contributed by atoms with E-state index in [1.807, 2.05) is 30.3 Å². The Kier molecular flexibility index (Phi) is 8.06. The van der Waals surface area contributed by atoms with Crippen molar-refractivity contribution >= 4 is 22.7 Å². The molecule has 4 N–H and O–H groups in total.